The van der Waals surface area contributed by atoms with E-state index in [1.807, 2.05) is 18.2 Å². The minimum atomic E-state index is -0.363. The number of halogens is 2. The summed E-state index contributed by atoms with van der Waals surface area (Å²) in [6.45, 7) is 0.0336. The average Bonchev–Trinajstić information content (AvgIpc) is 2.90. The van der Waals surface area contributed by atoms with Crippen LogP contribution in [-0.4, -0.2) is 29.8 Å². The van der Waals surface area contributed by atoms with Crippen LogP contribution >= 0.6 is 35.0 Å². The largest absolute Gasteiger partial charge is 0.496 e. The second-order valence-corrected chi connectivity index (χ2v) is 7.12. The molecule has 1 aliphatic heterocycles. The number of imide groups is 1. The van der Waals surface area contributed by atoms with Gasteiger partial charge in [-0.15, -0.1) is 0 Å². The standard InChI is InChI=1S/C18H14Cl2N2O3S/c1-25-15-5-3-2-4-11(15)8-16-17(23)22(18(24)26-16)10-21-12-6-7-13(19)14(20)9-12/h2-9,21H,10H2,1H3/b16-8+. The van der Waals surface area contributed by atoms with Crippen LogP contribution in [0.25, 0.3) is 6.08 Å². The van der Waals surface area contributed by atoms with Crippen molar-refractivity contribution in [1.82, 2.24) is 4.90 Å². The molecule has 1 N–H and O–H groups in total. The second-order valence-electron chi connectivity index (χ2n) is 5.32. The van der Waals surface area contributed by atoms with Crippen LogP contribution in [0.1, 0.15) is 5.56 Å². The molecule has 1 fully saturated rings. The number of hydrogen-bond donors (Lipinski definition) is 1. The zero-order chi connectivity index (χ0) is 18.7. The molecule has 0 radical (unpaired) electrons. The van der Waals surface area contributed by atoms with Gasteiger partial charge in [0.25, 0.3) is 11.1 Å². The van der Waals surface area contributed by atoms with Gasteiger partial charge in [-0.1, -0.05) is 41.4 Å². The van der Waals surface area contributed by atoms with Gasteiger partial charge in [-0.3, -0.25) is 14.5 Å². The number of nitrogens with zero attached hydrogens (tertiary/aromatic N) is 1. The number of carbonyl (C=O) groups is 2. The van der Waals surface area contributed by atoms with Gasteiger partial charge in [-0.25, -0.2) is 0 Å². The number of nitrogens with one attached hydrogen (secondary N) is 1. The molecule has 2 amide bonds. The van der Waals surface area contributed by atoms with E-state index in [9.17, 15) is 9.59 Å². The number of methoxy groups -OCH3 is 1. The van der Waals surface area contributed by atoms with Crippen molar-refractivity contribution in [3.63, 3.8) is 0 Å². The third kappa shape index (κ3) is 3.98. The van der Waals surface area contributed by atoms with Gasteiger partial charge in [-0.2, -0.15) is 0 Å². The minimum absolute atomic E-state index is 0.0336. The van der Waals surface area contributed by atoms with Gasteiger partial charge in [0.1, 0.15) is 5.75 Å². The van der Waals surface area contributed by atoms with Crippen LogP contribution in [0.4, 0.5) is 10.5 Å². The van der Waals surface area contributed by atoms with Crippen molar-refractivity contribution in [2.24, 2.45) is 0 Å². The Morgan fingerprint density at radius 3 is 2.65 bits per heavy atom. The van der Waals surface area contributed by atoms with Gasteiger partial charge in [-0.05, 0) is 42.1 Å². The minimum Gasteiger partial charge on any atom is -0.496 e. The highest BCUT2D eigenvalue weighted by Gasteiger charge is 2.35. The van der Waals surface area contributed by atoms with E-state index in [2.05, 4.69) is 5.32 Å². The molecule has 0 atom stereocenters. The van der Waals surface area contributed by atoms with E-state index in [0.29, 0.717) is 26.4 Å². The molecular weight excluding hydrogens is 395 g/mol. The Morgan fingerprint density at radius 1 is 1.15 bits per heavy atom. The molecular formula is C18H14Cl2N2O3S. The fourth-order valence-corrected chi connectivity index (χ4v) is 3.47. The van der Waals surface area contributed by atoms with Crippen molar-refractivity contribution in [3.8, 4) is 5.75 Å². The van der Waals surface area contributed by atoms with Crippen molar-refractivity contribution in [2.75, 3.05) is 19.1 Å². The number of benzene rings is 2. The summed E-state index contributed by atoms with van der Waals surface area (Å²) in [7, 11) is 1.56. The molecule has 2 aromatic rings. The van der Waals surface area contributed by atoms with Crippen molar-refractivity contribution in [3.05, 3.63) is 63.0 Å². The summed E-state index contributed by atoms with van der Waals surface area (Å²) in [6, 6.07) is 12.3. The molecule has 5 nitrogen and oxygen atoms in total. The van der Waals surface area contributed by atoms with Gasteiger partial charge in [0.2, 0.25) is 0 Å². The van der Waals surface area contributed by atoms with E-state index in [0.717, 1.165) is 22.2 Å². The fourth-order valence-electron chi connectivity index (χ4n) is 2.34. The average molecular weight is 409 g/mol. The van der Waals surface area contributed by atoms with Crippen molar-refractivity contribution in [2.45, 2.75) is 0 Å². The molecule has 0 spiro atoms. The summed E-state index contributed by atoms with van der Waals surface area (Å²) >= 11 is 12.7. The molecule has 0 saturated carbocycles. The molecule has 0 aliphatic carbocycles. The smallest absolute Gasteiger partial charge is 0.295 e. The first-order valence-corrected chi connectivity index (χ1v) is 9.14. The van der Waals surface area contributed by atoms with Crippen LogP contribution in [0, 0.1) is 0 Å². The highest BCUT2D eigenvalue weighted by Crippen LogP contribution is 2.34. The quantitative estimate of drug-likeness (QED) is 0.696. The van der Waals surface area contributed by atoms with Crippen LogP contribution in [0.15, 0.2) is 47.4 Å². The SMILES string of the molecule is COc1ccccc1/C=C1/SC(=O)N(CNc2ccc(Cl)c(Cl)c2)C1=O. The summed E-state index contributed by atoms with van der Waals surface area (Å²) < 4.78 is 5.27. The zero-order valence-electron chi connectivity index (χ0n) is 13.7. The Hall–Kier alpha value is -2.15. The maximum Gasteiger partial charge on any atom is 0.295 e. The number of anilines is 1. The molecule has 1 heterocycles. The van der Waals surface area contributed by atoms with Gasteiger partial charge in [0.15, 0.2) is 0 Å². The summed E-state index contributed by atoms with van der Waals surface area (Å²) in [5, 5.41) is 3.48. The zero-order valence-corrected chi connectivity index (χ0v) is 16.0. The molecule has 1 saturated heterocycles. The van der Waals surface area contributed by atoms with E-state index < -0.39 is 0 Å². The summed E-state index contributed by atoms with van der Waals surface area (Å²) in [4.78, 5) is 26.2. The first-order chi connectivity index (χ1) is 12.5. The highest BCUT2D eigenvalue weighted by atomic mass is 35.5. The molecule has 0 unspecified atom stereocenters. The van der Waals surface area contributed by atoms with Gasteiger partial charge < -0.3 is 10.1 Å². The number of ether oxygens (including phenoxy) is 1. The number of hydrogen-bond acceptors (Lipinski definition) is 5. The number of thioether (sulfide) groups is 1. The normalized spacial score (nSPS) is 15.7. The molecule has 8 heteroatoms. The van der Waals surface area contributed by atoms with Crippen LogP contribution in [0.3, 0.4) is 0 Å². The third-order valence-corrected chi connectivity index (χ3v) is 5.31. The lowest BCUT2D eigenvalue weighted by Crippen LogP contribution is -2.33. The van der Waals surface area contributed by atoms with Crippen LogP contribution < -0.4 is 10.1 Å². The van der Waals surface area contributed by atoms with E-state index in [1.165, 1.54) is 0 Å². The summed E-state index contributed by atoms with van der Waals surface area (Å²) in [6.07, 6.45) is 1.66. The molecule has 2 aromatic carbocycles. The first-order valence-electron chi connectivity index (χ1n) is 7.57. The lowest BCUT2D eigenvalue weighted by molar-refractivity contribution is -0.122. The number of para-hydroxylation sites is 1. The highest BCUT2D eigenvalue weighted by molar-refractivity contribution is 8.18. The number of amides is 2. The predicted molar refractivity (Wildman–Crippen MR) is 106 cm³/mol. The molecule has 1 aliphatic rings. The molecule has 134 valence electrons. The van der Waals surface area contributed by atoms with Gasteiger partial charge in [0, 0.05) is 11.3 Å². The number of carbonyl (C=O) groups excluding carboxylic acids is 2. The van der Waals surface area contributed by atoms with Crippen LogP contribution in [0.2, 0.25) is 10.0 Å². The van der Waals surface area contributed by atoms with E-state index in [1.54, 1.807) is 37.5 Å². The first kappa shape index (κ1) is 18.6. The van der Waals surface area contributed by atoms with Crippen molar-refractivity contribution < 1.29 is 14.3 Å². The second kappa shape index (κ2) is 8.03. The van der Waals surface area contributed by atoms with Gasteiger partial charge >= 0.3 is 0 Å². The predicted octanol–water partition coefficient (Wildman–Crippen LogP) is 5.11. The molecule has 26 heavy (non-hydrogen) atoms. The van der Waals surface area contributed by atoms with Gasteiger partial charge in [0.05, 0.1) is 28.7 Å². The monoisotopic (exact) mass is 408 g/mol. The van der Waals surface area contributed by atoms with E-state index >= 15 is 0 Å². The molecule has 0 bridgehead atoms. The maximum absolute atomic E-state index is 12.6. The van der Waals surface area contributed by atoms with Crippen molar-refractivity contribution in [1.29, 1.82) is 0 Å². The third-order valence-electron chi connectivity index (χ3n) is 3.66. The number of rotatable bonds is 5. The Morgan fingerprint density at radius 2 is 1.92 bits per heavy atom. The molecule has 0 aromatic heterocycles. The van der Waals surface area contributed by atoms with Crippen molar-refractivity contribution >= 4 is 57.9 Å². The van der Waals surface area contributed by atoms with E-state index in [-0.39, 0.29) is 17.8 Å². The lowest BCUT2D eigenvalue weighted by atomic mass is 10.2. The topological polar surface area (TPSA) is 58.6 Å². The lowest BCUT2D eigenvalue weighted by Gasteiger charge is -2.14. The fraction of sp³-hybridized carbons (Fsp3) is 0.111. The summed E-state index contributed by atoms with van der Waals surface area (Å²) in [5.74, 6) is 0.270. The van der Waals surface area contributed by atoms with E-state index in [4.69, 9.17) is 27.9 Å². The Balaban J connectivity index is 1.74. The van der Waals surface area contributed by atoms with Crippen LogP contribution in [0.5, 0.6) is 5.75 Å². The Bertz CT molecular complexity index is 902. The van der Waals surface area contributed by atoms with Crippen LogP contribution in [-0.2, 0) is 4.79 Å². The molecule has 3 rings (SSSR count). The maximum atomic E-state index is 12.6. The Kier molecular flexibility index (Phi) is 5.76. The summed E-state index contributed by atoms with van der Waals surface area (Å²) in [5.41, 5.74) is 1.39. The Labute approximate surface area is 164 Å².